The van der Waals surface area contributed by atoms with Crippen LogP contribution in [-0.4, -0.2) is 65.9 Å². The standard InChI is InChI=1S/C15H10F18O2/c1-3-6(34)35-5-4-8(18,19)10(22,23)12(26,27)14(30,31)15(32,33)13(28,29)11(24,25)9(20,21)7(2,16)17/h3H,1,4-5H2,2H3. The summed E-state index contributed by atoms with van der Waals surface area (Å²) in [5.74, 6) is -73.3. The van der Waals surface area contributed by atoms with Crippen LogP contribution in [-0.2, 0) is 9.53 Å². The van der Waals surface area contributed by atoms with Gasteiger partial charge in [-0.1, -0.05) is 6.58 Å². The van der Waals surface area contributed by atoms with E-state index in [2.05, 4.69) is 11.3 Å². The molecule has 0 aliphatic carbocycles. The molecule has 0 rings (SSSR count). The minimum Gasteiger partial charge on any atom is -0.462 e. The molecule has 0 bridgehead atoms. The molecule has 0 saturated heterocycles. The number of carbonyl (C=O) groups excluding carboxylic acids is 1. The number of esters is 1. The van der Waals surface area contributed by atoms with E-state index in [1.807, 2.05) is 0 Å². The van der Waals surface area contributed by atoms with Crippen molar-refractivity contribution in [1.29, 1.82) is 0 Å². The predicted molar refractivity (Wildman–Crippen MR) is 76.0 cm³/mol. The molecule has 0 fully saturated rings. The van der Waals surface area contributed by atoms with Gasteiger partial charge in [-0.2, -0.15) is 79.0 Å². The molecule has 0 aliphatic rings. The summed E-state index contributed by atoms with van der Waals surface area (Å²) in [4.78, 5) is 10.6. The van der Waals surface area contributed by atoms with Gasteiger partial charge < -0.3 is 4.74 Å². The third-order valence-corrected chi connectivity index (χ3v) is 4.20. The smallest absolute Gasteiger partial charge is 0.385 e. The first-order chi connectivity index (χ1) is 15.0. The second kappa shape index (κ2) is 8.81. The van der Waals surface area contributed by atoms with Gasteiger partial charge in [-0.15, -0.1) is 0 Å². The molecule has 0 radical (unpaired) electrons. The molecule has 0 saturated carbocycles. The van der Waals surface area contributed by atoms with Crippen molar-refractivity contribution in [3.05, 3.63) is 12.7 Å². The molecule has 0 aromatic carbocycles. The Balaban J connectivity index is 6.63. The highest BCUT2D eigenvalue weighted by molar-refractivity contribution is 5.81. The maximum atomic E-state index is 13.6. The fraction of sp³-hybridized carbons (Fsp3) is 0.800. The summed E-state index contributed by atoms with van der Waals surface area (Å²) in [5.41, 5.74) is 0. The van der Waals surface area contributed by atoms with Gasteiger partial charge >= 0.3 is 59.3 Å². The van der Waals surface area contributed by atoms with E-state index < -0.39 is 79.2 Å². The van der Waals surface area contributed by atoms with E-state index in [0.29, 0.717) is 0 Å². The van der Waals surface area contributed by atoms with Gasteiger partial charge in [-0.05, 0) is 0 Å². The SMILES string of the molecule is C=CC(=O)OCCC(F)(F)C(F)(F)C(F)(F)C(F)(F)C(F)(F)C(F)(F)C(F)(F)C(F)(F)C(C)(F)F. The first kappa shape index (κ1) is 32.9. The first-order valence-corrected chi connectivity index (χ1v) is 8.15. The van der Waals surface area contributed by atoms with Crippen LogP contribution in [0.25, 0.3) is 0 Å². The molecule has 0 atom stereocenters. The topological polar surface area (TPSA) is 26.3 Å². The van der Waals surface area contributed by atoms with Crippen LogP contribution in [0.5, 0.6) is 0 Å². The van der Waals surface area contributed by atoms with E-state index in [-0.39, 0.29) is 6.08 Å². The lowest BCUT2D eigenvalue weighted by atomic mass is 9.86. The predicted octanol–water partition coefficient (Wildman–Crippen LogP) is 6.84. The van der Waals surface area contributed by atoms with E-state index >= 15 is 0 Å². The summed E-state index contributed by atoms with van der Waals surface area (Å²) in [6, 6.07) is 0. The van der Waals surface area contributed by atoms with Crippen LogP contribution < -0.4 is 0 Å². The molecule has 0 spiro atoms. The van der Waals surface area contributed by atoms with Crippen molar-refractivity contribution in [2.24, 2.45) is 0 Å². The van der Waals surface area contributed by atoms with Crippen molar-refractivity contribution in [3.8, 4) is 0 Å². The van der Waals surface area contributed by atoms with E-state index in [1.165, 1.54) is 0 Å². The third kappa shape index (κ3) is 4.60. The van der Waals surface area contributed by atoms with Gasteiger partial charge in [0, 0.05) is 13.0 Å². The molecule has 0 amide bonds. The Kier molecular flexibility index (Phi) is 8.29. The summed E-state index contributed by atoms with van der Waals surface area (Å²) in [7, 11) is 0. The molecular formula is C15H10F18O2. The normalized spacial score (nSPS) is 15.7. The molecule has 0 N–H and O–H groups in total. The maximum absolute atomic E-state index is 13.6. The lowest BCUT2D eigenvalue weighted by molar-refractivity contribution is -0.461. The zero-order valence-electron chi connectivity index (χ0n) is 16.3. The average Bonchev–Trinajstić information content (AvgIpc) is 2.65. The molecular weight excluding hydrogens is 554 g/mol. The number of rotatable bonds is 12. The Hall–Kier alpha value is -2.05. The number of ether oxygens (including phenoxy) is 1. The monoisotopic (exact) mass is 564 g/mol. The summed E-state index contributed by atoms with van der Waals surface area (Å²) >= 11 is 0. The van der Waals surface area contributed by atoms with Crippen LogP contribution in [0.4, 0.5) is 79.0 Å². The van der Waals surface area contributed by atoms with Crippen molar-refractivity contribution >= 4 is 5.97 Å². The Morgan fingerprint density at radius 2 is 0.886 bits per heavy atom. The Bertz CT molecular complexity index is 794. The fourth-order valence-corrected chi connectivity index (χ4v) is 1.99. The zero-order chi connectivity index (χ0) is 28.9. The summed E-state index contributed by atoms with van der Waals surface area (Å²) in [5, 5.41) is 0. The van der Waals surface area contributed by atoms with Crippen molar-refractivity contribution < 1.29 is 88.6 Å². The minimum absolute atomic E-state index is 0.178. The van der Waals surface area contributed by atoms with Gasteiger partial charge in [0.2, 0.25) is 0 Å². The number of hydrogen-bond acceptors (Lipinski definition) is 2. The van der Waals surface area contributed by atoms with Gasteiger partial charge in [-0.3, -0.25) is 0 Å². The molecule has 0 heterocycles. The highest BCUT2D eigenvalue weighted by Gasteiger charge is 2.96. The van der Waals surface area contributed by atoms with Gasteiger partial charge in [0.25, 0.3) is 0 Å². The highest BCUT2D eigenvalue weighted by Crippen LogP contribution is 2.65. The van der Waals surface area contributed by atoms with Gasteiger partial charge in [-0.25, -0.2) is 4.79 Å². The van der Waals surface area contributed by atoms with Crippen molar-refractivity contribution in [1.82, 2.24) is 0 Å². The molecule has 20 heteroatoms. The highest BCUT2D eigenvalue weighted by atomic mass is 19.4. The number of hydrogen-bond donors (Lipinski definition) is 0. The van der Waals surface area contributed by atoms with Crippen LogP contribution in [0, 0.1) is 0 Å². The van der Waals surface area contributed by atoms with Crippen LogP contribution >= 0.6 is 0 Å². The Labute approximate surface area is 181 Å². The summed E-state index contributed by atoms with van der Waals surface area (Å²) < 4.78 is 244. The largest absolute Gasteiger partial charge is 0.462 e. The first-order valence-electron chi connectivity index (χ1n) is 8.15. The van der Waals surface area contributed by atoms with Crippen LogP contribution in [0.3, 0.4) is 0 Å². The molecule has 0 aromatic rings. The average molecular weight is 564 g/mol. The van der Waals surface area contributed by atoms with Crippen LogP contribution in [0.1, 0.15) is 13.3 Å². The second-order valence-corrected chi connectivity index (χ2v) is 6.74. The van der Waals surface area contributed by atoms with Gasteiger partial charge in [0.05, 0.1) is 13.0 Å². The second-order valence-electron chi connectivity index (χ2n) is 6.74. The molecule has 208 valence electrons. The number of carbonyl (C=O) groups is 1. The van der Waals surface area contributed by atoms with Gasteiger partial charge in [0.15, 0.2) is 0 Å². The lowest BCUT2D eigenvalue weighted by Crippen LogP contribution is -2.75. The fourth-order valence-electron chi connectivity index (χ4n) is 1.99. The molecule has 35 heavy (non-hydrogen) atoms. The Morgan fingerprint density at radius 3 is 1.17 bits per heavy atom. The third-order valence-electron chi connectivity index (χ3n) is 4.20. The van der Waals surface area contributed by atoms with Crippen molar-refractivity contribution in [2.45, 2.75) is 66.6 Å². The number of alkyl halides is 18. The number of halogens is 18. The van der Waals surface area contributed by atoms with Crippen molar-refractivity contribution in [2.75, 3.05) is 6.61 Å². The van der Waals surface area contributed by atoms with Crippen LogP contribution in [0.15, 0.2) is 12.7 Å². The maximum Gasteiger partial charge on any atom is 0.385 e. The quantitative estimate of drug-likeness (QED) is 0.148. The molecule has 0 aliphatic heterocycles. The zero-order valence-corrected chi connectivity index (χ0v) is 16.3. The van der Waals surface area contributed by atoms with Gasteiger partial charge in [0.1, 0.15) is 0 Å². The van der Waals surface area contributed by atoms with Crippen LogP contribution in [0.2, 0.25) is 0 Å². The minimum atomic E-state index is -8.80. The molecule has 0 unspecified atom stereocenters. The van der Waals surface area contributed by atoms with E-state index in [0.717, 1.165) is 0 Å². The summed E-state index contributed by atoms with van der Waals surface area (Å²) in [6.07, 6.45) is -2.71. The molecule has 2 nitrogen and oxygen atoms in total. The van der Waals surface area contributed by atoms with E-state index in [1.54, 1.807) is 0 Å². The van der Waals surface area contributed by atoms with Crippen molar-refractivity contribution in [3.63, 3.8) is 0 Å². The molecule has 0 aromatic heterocycles. The van der Waals surface area contributed by atoms with E-state index in [9.17, 15) is 83.8 Å². The Morgan fingerprint density at radius 1 is 0.600 bits per heavy atom. The summed E-state index contributed by atoms with van der Waals surface area (Å²) in [6.45, 7) is -0.687. The van der Waals surface area contributed by atoms with E-state index in [4.69, 9.17) is 0 Å². The lowest BCUT2D eigenvalue weighted by Gasteiger charge is -2.44.